The summed E-state index contributed by atoms with van der Waals surface area (Å²) in [5.41, 5.74) is 1.13. The van der Waals surface area contributed by atoms with Gasteiger partial charge in [0.1, 0.15) is 12.0 Å². The number of nitrogens with zero attached hydrogens (tertiary/aromatic N) is 2. The van der Waals surface area contributed by atoms with Gasteiger partial charge in [0.15, 0.2) is 0 Å². The van der Waals surface area contributed by atoms with E-state index in [9.17, 15) is 4.79 Å². The van der Waals surface area contributed by atoms with Crippen LogP contribution >= 0.6 is 0 Å². The Morgan fingerprint density at radius 1 is 1.60 bits per heavy atom. The average Bonchev–Trinajstić information content (AvgIpc) is 2.69. The second kappa shape index (κ2) is 4.08. The smallest absolute Gasteiger partial charge is 0.340 e. The van der Waals surface area contributed by atoms with Gasteiger partial charge in [0.25, 0.3) is 0 Å². The van der Waals surface area contributed by atoms with E-state index in [0.29, 0.717) is 23.2 Å². The molecule has 0 atom stereocenters. The highest BCUT2D eigenvalue weighted by Gasteiger charge is 2.13. The minimum atomic E-state index is -0.335. The Morgan fingerprint density at radius 2 is 2.47 bits per heavy atom. The second-order valence-electron chi connectivity index (χ2n) is 3.12. The molecule has 78 valence electrons. The molecule has 5 nitrogen and oxygen atoms in total. The Kier molecular flexibility index (Phi) is 2.62. The van der Waals surface area contributed by atoms with E-state index in [0.717, 1.165) is 6.42 Å². The van der Waals surface area contributed by atoms with Crippen LogP contribution in [0.15, 0.2) is 18.7 Å². The van der Waals surface area contributed by atoms with Gasteiger partial charge in [-0.25, -0.2) is 14.8 Å². The molecule has 15 heavy (non-hydrogen) atoms. The average molecular weight is 205 g/mol. The third kappa shape index (κ3) is 1.81. The Morgan fingerprint density at radius 3 is 3.27 bits per heavy atom. The van der Waals surface area contributed by atoms with E-state index in [4.69, 9.17) is 4.74 Å². The first-order valence-corrected chi connectivity index (χ1v) is 4.77. The van der Waals surface area contributed by atoms with Crippen LogP contribution in [0.25, 0.3) is 11.0 Å². The molecule has 0 spiro atoms. The van der Waals surface area contributed by atoms with Gasteiger partial charge in [0.2, 0.25) is 0 Å². The molecule has 0 aliphatic rings. The third-order valence-corrected chi connectivity index (χ3v) is 2.01. The molecule has 2 heterocycles. The molecule has 5 heteroatoms. The molecule has 0 radical (unpaired) electrons. The van der Waals surface area contributed by atoms with Crippen molar-refractivity contribution in [1.82, 2.24) is 15.0 Å². The molecule has 0 bridgehead atoms. The number of rotatable bonds is 3. The number of H-pyrrole nitrogens is 1. The number of carbonyl (C=O) groups is 1. The van der Waals surface area contributed by atoms with Crippen LogP contribution in [-0.2, 0) is 4.74 Å². The third-order valence-electron chi connectivity index (χ3n) is 2.01. The Balaban J connectivity index is 2.31. The van der Waals surface area contributed by atoms with E-state index in [1.807, 2.05) is 6.92 Å². The highest BCUT2D eigenvalue weighted by atomic mass is 16.5. The molecule has 0 unspecified atom stereocenters. The fourth-order valence-corrected chi connectivity index (χ4v) is 1.30. The first kappa shape index (κ1) is 9.64. The Bertz CT molecular complexity index is 478. The van der Waals surface area contributed by atoms with Crippen LogP contribution in [0, 0.1) is 0 Å². The SMILES string of the molecule is CCCOC(=O)c1c[nH]c2ncncc12. The molecule has 0 saturated carbocycles. The maximum Gasteiger partial charge on any atom is 0.340 e. The summed E-state index contributed by atoms with van der Waals surface area (Å²) in [6, 6.07) is 0. The van der Waals surface area contributed by atoms with Gasteiger partial charge in [0, 0.05) is 12.4 Å². The van der Waals surface area contributed by atoms with Gasteiger partial charge in [0.05, 0.1) is 17.6 Å². The van der Waals surface area contributed by atoms with Gasteiger partial charge in [-0.2, -0.15) is 0 Å². The van der Waals surface area contributed by atoms with Crippen LogP contribution < -0.4 is 0 Å². The summed E-state index contributed by atoms with van der Waals surface area (Å²) in [5.74, 6) is -0.335. The van der Waals surface area contributed by atoms with Crippen molar-refractivity contribution in [2.75, 3.05) is 6.61 Å². The molecular weight excluding hydrogens is 194 g/mol. The molecule has 1 N–H and O–H groups in total. The molecule has 0 amide bonds. The van der Waals surface area contributed by atoms with Crippen molar-refractivity contribution in [2.24, 2.45) is 0 Å². The number of aromatic nitrogens is 3. The number of aromatic amines is 1. The highest BCUT2D eigenvalue weighted by Crippen LogP contribution is 2.15. The predicted octanol–water partition coefficient (Wildman–Crippen LogP) is 1.52. The van der Waals surface area contributed by atoms with Gasteiger partial charge >= 0.3 is 5.97 Å². The van der Waals surface area contributed by atoms with Crippen molar-refractivity contribution >= 4 is 17.0 Å². The van der Waals surface area contributed by atoms with Gasteiger partial charge in [-0.1, -0.05) is 6.92 Å². The van der Waals surface area contributed by atoms with Gasteiger partial charge in [-0.05, 0) is 6.42 Å². The molecule has 0 saturated heterocycles. The van der Waals surface area contributed by atoms with Crippen LogP contribution in [0.3, 0.4) is 0 Å². The largest absolute Gasteiger partial charge is 0.462 e. The molecule has 2 aromatic heterocycles. The number of nitrogens with one attached hydrogen (secondary N) is 1. The summed E-state index contributed by atoms with van der Waals surface area (Å²) in [7, 11) is 0. The van der Waals surface area contributed by atoms with Crippen molar-refractivity contribution in [1.29, 1.82) is 0 Å². The number of esters is 1. The lowest BCUT2D eigenvalue weighted by Crippen LogP contribution is -2.05. The lowest BCUT2D eigenvalue weighted by atomic mass is 10.2. The molecule has 2 aromatic rings. The predicted molar refractivity (Wildman–Crippen MR) is 54.5 cm³/mol. The van der Waals surface area contributed by atoms with Gasteiger partial charge in [-0.3, -0.25) is 0 Å². The number of hydrogen-bond donors (Lipinski definition) is 1. The molecule has 0 aromatic carbocycles. The monoisotopic (exact) mass is 205 g/mol. The number of hydrogen-bond acceptors (Lipinski definition) is 4. The molecule has 0 aliphatic heterocycles. The lowest BCUT2D eigenvalue weighted by Gasteiger charge is -2.00. The van der Waals surface area contributed by atoms with Crippen LogP contribution in [0.2, 0.25) is 0 Å². The van der Waals surface area contributed by atoms with Crippen molar-refractivity contribution in [2.45, 2.75) is 13.3 Å². The molecule has 0 fully saturated rings. The van der Waals surface area contributed by atoms with Crippen molar-refractivity contribution in [3.8, 4) is 0 Å². The van der Waals surface area contributed by atoms with E-state index in [-0.39, 0.29) is 5.97 Å². The second-order valence-corrected chi connectivity index (χ2v) is 3.12. The van der Waals surface area contributed by atoms with E-state index in [1.165, 1.54) is 6.33 Å². The summed E-state index contributed by atoms with van der Waals surface area (Å²) >= 11 is 0. The van der Waals surface area contributed by atoms with Crippen molar-refractivity contribution in [3.63, 3.8) is 0 Å². The maximum atomic E-state index is 11.6. The van der Waals surface area contributed by atoms with E-state index >= 15 is 0 Å². The fourth-order valence-electron chi connectivity index (χ4n) is 1.30. The first-order valence-electron chi connectivity index (χ1n) is 4.77. The van der Waals surface area contributed by atoms with E-state index < -0.39 is 0 Å². The molecular formula is C10H11N3O2. The van der Waals surface area contributed by atoms with E-state index in [2.05, 4.69) is 15.0 Å². The minimum absolute atomic E-state index is 0.335. The quantitative estimate of drug-likeness (QED) is 0.771. The van der Waals surface area contributed by atoms with Crippen molar-refractivity contribution < 1.29 is 9.53 Å². The Hall–Kier alpha value is -1.91. The zero-order valence-corrected chi connectivity index (χ0v) is 8.36. The summed E-state index contributed by atoms with van der Waals surface area (Å²) in [5, 5.41) is 0.693. The van der Waals surface area contributed by atoms with Gasteiger partial charge < -0.3 is 9.72 Å². The topological polar surface area (TPSA) is 67.9 Å². The summed E-state index contributed by atoms with van der Waals surface area (Å²) in [6.45, 7) is 2.38. The summed E-state index contributed by atoms with van der Waals surface area (Å²) in [6.07, 6.45) is 5.43. The van der Waals surface area contributed by atoms with Crippen LogP contribution in [-0.4, -0.2) is 27.5 Å². The number of carbonyl (C=O) groups excluding carboxylic acids is 1. The Labute approximate surface area is 86.5 Å². The van der Waals surface area contributed by atoms with Gasteiger partial charge in [-0.15, -0.1) is 0 Å². The molecule has 2 rings (SSSR count). The summed E-state index contributed by atoms with van der Waals surface area (Å²) < 4.78 is 5.03. The minimum Gasteiger partial charge on any atom is -0.462 e. The number of fused-ring (bicyclic) bond motifs is 1. The molecule has 0 aliphatic carbocycles. The van der Waals surface area contributed by atoms with E-state index in [1.54, 1.807) is 12.4 Å². The highest BCUT2D eigenvalue weighted by molar-refractivity contribution is 6.02. The lowest BCUT2D eigenvalue weighted by molar-refractivity contribution is 0.0507. The van der Waals surface area contributed by atoms with Crippen molar-refractivity contribution in [3.05, 3.63) is 24.3 Å². The van der Waals surface area contributed by atoms with Crippen LogP contribution in [0.5, 0.6) is 0 Å². The number of ether oxygens (including phenoxy) is 1. The fraction of sp³-hybridized carbons (Fsp3) is 0.300. The zero-order chi connectivity index (χ0) is 10.7. The van der Waals surface area contributed by atoms with Crippen LogP contribution in [0.4, 0.5) is 0 Å². The normalized spacial score (nSPS) is 10.5. The zero-order valence-electron chi connectivity index (χ0n) is 8.36. The summed E-state index contributed by atoms with van der Waals surface area (Å²) in [4.78, 5) is 22.3. The maximum absolute atomic E-state index is 11.6. The first-order chi connectivity index (χ1) is 7.33. The standard InChI is InChI=1S/C10H11N3O2/c1-2-3-15-10(14)8-5-12-9-7(8)4-11-6-13-9/h4-6H,2-3H2,1H3,(H,11,12,13). The van der Waals surface area contributed by atoms with Crippen LogP contribution in [0.1, 0.15) is 23.7 Å².